The number of imidazole rings is 1. The van der Waals surface area contributed by atoms with E-state index in [-0.39, 0.29) is 11.9 Å². The van der Waals surface area contributed by atoms with E-state index in [4.69, 9.17) is 17.3 Å². The third-order valence-corrected chi connectivity index (χ3v) is 3.08. The molecule has 6 heteroatoms. The Kier molecular flexibility index (Phi) is 2.71. The summed E-state index contributed by atoms with van der Waals surface area (Å²) >= 11 is 6.03. The van der Waals surface area contributed by atoms with Gasteiger partial charge in [-0.15, -0.1) is 5.10 Å². The van der Waals surface area contributed by atoms with Gasteiger partial charge in [-0.25, -0.2) is 14.5 Å². The van der Waals surface area contributed by atoms with E-state index >= 15 is 0 Å². The average Bonchev–Trinajstić information content (AvgIpc) is 2.54. The first kappa shape index (κ1) is 11.1. The maximum Gasteiger partial charge on any atom is 0.238 e. The maximum atomic E-state index is 6.03. The van der Waals surface area contributed by atoms with E-state index in [0.717, 1.165) is 5.82 Å². The summed E-state index contributed by atoms with van der Waals surface area (Å²) in [6, 6.07) is 0. The first-order valence-electron chi connectivity index (χ1n) is 5.17. The molecule has 2 rings (SSSR count). The molecule has 2 aromatic rings. The molecular weight excluding hydrogens is 226 g/mol. The van der Waals surface area contributed by atoms with Crippen molar-refractivity contribution in [2.24, 2.45) is 5.92 Å². The number of fused-ring (bicyclic) bond motifs is 1. The van der Waals surface area contributed by atoms with E-state index in [1.807, 2.05) is 0 Å². The first-order valence-corrected chi connectivity index (χ1v) is 5.55. The standard InChI is InChI=1S/C10H14ClN5/c1-5(2)6(3)9-14-8(11)7-4-13-10(12)15-16(7)9/h4-6H,1-3H3,(H2,12,15). The highest BCUT2D eigenvalue weighted by Crippen LogP contribution is 2.26. The van der Waals surface area contributed by atoms with E-state index in [1.165, 1.54) is 0 Å². The zero-order chi connectivity index (χ0) is 11.9. The summed E-state index contributed by atoms with van der Waals surface area (Å²) in [6.45, 7) is 6.35. The zero-order valence-corrected chi connectivity index (χ0v) is 10.2. The topological polar surface area (TPSA) is 69.1 Å². The number of nitrogens with zero attached hydrogens (tertiary/aromatic N) is 4. The van der Waals surface area contributed by atoms with Crippen LogP contribution in [0.1, 0.15) is 32.5 Å². The van der Waals surface area contributed by atoms with E-state index in [1.54, 1.807) is 10.7 Å². The summed E-state index contributed by atoms with van der Waals surface area (Å²) in [5.74, 6) is 1.76. The van der Waals surface area contributed by atoms with Crippen molar-refractivity contribution in [3.05, 3.63) is 17.2 Å². The fourth-order valence-electron chi connectivity index (χ4n) is 1.48. The number of hydrogen-bond donors (Lipinski definition) is 1. The Hall–Kier alpha value is -1.36. The van der Waals surface area contributed by atoms with Crippen LogP contribution in [0.2, 0.25) is 5.15 Å². The molecular formula is C10H14ClN5. The van der Waals surface area contributed by atoms with Gasteiger partial charge in [-0.1, -0.05) is 32.4 Å². The molecule has 0 amide bonds. The average molecular weight is 240 g/mol. The molecule has 1 atom stereocenters. The highest BCUT2D eigenvalue weighted by Gasteiger charge is 2.19. The lowest BCUT2D eigenvalue weighted by Gasteiger charge is -2.13. The van der Waals surface area contributed by atoms with Gasteiger partial charge in [0, 0.05) is 5.92 Å². The zero-order valence-electron chi connectivity index (χ0n) is 9.48. The number of aromatic nitrogens is 4. The number of nitrogens with two attached hydrogens (primary N) is 1. The van der Waals surface area contributed by atoms with Gasteiger partial charge in [0.05, 0.1) is 6.20 Å². The van der Waals surface area contributed by atoms with Crippen LogP contribution in [-0.2, 0) is 0 Å². The molecule has 0 bridgehead atoms. The minimum atomic E-state index is 0.221. The van der Waals surface area contributed by atoms with Crippen molar-refractivity contribution >= 4 is 23.1 Å². The van der Waals surface area contributed by atoms with Gasteiger partial charge in [-0.05, 0) is 5.92 Å². The SMILES string of the molecule is CC(C)C(C)c1nc(Cl)c2cnc(N)nn12. The molecule has 0 fully saturated rings. The third-order valence-electron chi connectivity index (χ3n) is 2.80. The van der Waals surface area contributed by atoms with Crippen LogP contribution in [0.3, 0.4) is 0 Å². The van der Waals surface area contributed by atoms with Crippen LogP contribution in [0.25, 0.3) is 5.52 Å². The summed E-state index contributed by atoms with van der Waals surface area (Å²) in [6.07, 6.45) is 1.59. The quantitative estimate of drug-likeness (QED) is 0.872. The van der Waals surface area contributed by atoms with Gasteiger partial charge in [0.2, 0.25) is 5.95 Å². The van der Waals surface area contributed by atoms with Crippen LogP contribution in [0.15, 0.2) is 6.20 Å². The molecule has 2 aromatic heterocycles. The number of anilines is 1. The maximum absolute atomic E-state index is 6.03. The summed E-state index contributed by atoms with van der Waals surface area (Å²) in [4.78, 5) is 8.23. The molecule has 0 aromatic carbocycles. The van der Waals surface area contributed by atoms with Gasteiger partial charge in [0.25, 0.3) is 0 Å². The predicted molar refractivity (Wildman–Crippen MR) is 63.5 cm³/mol. The van der Waals surface area contributed by atoms with Gasteiger partial charge in [0.15, 0.2) is 5.15 Å². The van der Waals surface area contributed by atoms with Crippen molar-refractivity contribution in [1.82, 2.24) is 19.6 Å². The molecule has 0 saturated heterocycles. The van der Waals surface area contributed by atoms with Crippen molar-refractivity contribution in [2.45, 2.75) is 26.7 Å². The van der Waals surface area contributed by atoms with Crippen molar-refractivity contribution in [3.63, 3.8) is 0 Å². The van der Waals surface area contributed by atoms with Crippen molar-refractivity contribution in [2.75, 3.05) is 5.73 Å². The molecule has 0 aliphatic carbocycles. The number of halogens is 1. The Morgan fingerprint density at radius 3 is 2.69 bits per heavy atom. The largest absolute Gasteiger partial charge is 0.367 e. The highest BCUT2D eigenvalue weighted by atomic mass is 35.5. The van der Waals surface area contributed by atoms with Crippen molar-refractivity contribution in [3.8, 4) is 0 Å². The van der Waals surface area contributed by atoms with Gasteiger partial charge in [-0.2, -0.15) is 0 Å². The molecule has 0 spiro atoms. The van der Waals surface area contributed by atoms with Gasteiger partial charge in [-0.3, -0.25) is 0 Å². The van der Waals surface area contributed by atoms with Gasteiger partial charge in [0.1, 0.15) is 11.3 Å². The van der Waals surface area contributed by atoms with E-state index in [2.05, 4.69) is 35.8 Å². The monoisotopic (exact) mass is 239 g/mol. The number of rotatable bonds is 2. The molecule has 2 heterocycles. The highest BCUT2D eigenvalue weighted by molar-refractivity contribution is 6.32. The molecule has 16 heavy (non-hydrogen) atoms. The fraction of sp³-hybridized carbons (Fsp3) is 0.500. The van der Waals surface area contributed by atoms with Crippen LogP contribution < -0.4 is 5.73 Å². The number of hydrogen-bond acceptors (Lipinski definition) is 4. The van der Waals surface area contributed by atoms with Gasteiger partial charge < -0.3 is 5.73 Å². The lowest BCUT2D eigenvalue weighted by atomic mass is 9.98. The Labute approximate surface area is 98.6 Å². The Bertz CT molecular complexity index is 519. The molecule has 0 radical (unpaired) electrons. The Balaban J connectivity index is 2.66. The minimum absolute atomic E-state index is 0.221. The van der Waals surface area contributed by atoms with Crippen LogP contribution in [-0.4, -0.2) is 19.6 Å². The van der Waals surface area contributed by atoms with Crippen molar-refractivity contribution < 1.29 is 0 Å². The summed E-state index contributed by atoms with van der Waals surface area (Å²) in [7, 11) is 0. The normalized spacial score (nSPS) is 13.6. The summed E-state index contributed by atoms with van der Waals surface area (Å²) in [5.41, 5.74) is 6.26. The lowest BCUT2D eigenvalue weighted by Crippen LogP contribution is -2.10. The second kappa shape index (κ2) is 3.90. The minimum Gasteiger partial charge on any atom is -0.367 e. The Morgan fingerprint density at radius 1 is 1.38 bits per heavy atom. The van der Waals surface area contributed by atoms with Crippen LogP contribution >= 0.6 is 11.6 Å². The fourth-order valence-corrected chi connectivity index (χ4v) is 1.69. The summed E-state index contributed by atoms with van der Waals surface area (Å²) < 4.78 is 1.68. The molecule has 0 aliphatic rings. The van der Waals surface area contributed by atoms with Crippen LogP contribution in [0.4, 0.5) is 5.95 Å². The van der Waals surface area contributed by atoms with E-state index in [9.17, 15) is 0 Å². The third kappa shape index (κ3) is 1.71. The van der Waals surface area contributed by atoms with E-state index in [0.29, 0.717) is 16.6 Å². The first-order chi connectivity index (χ1) is 7.50. The molecule has 5 nitrogen and oxygen atoms in total. The van der Waals surface area contributed by atoms with Crippen LogP contribution in [0.5, 0.6) is 0 Å². The van der Waals surface area contributed by atoms with E-state index < -0.39 is 0 Å². The molecule has 2 N–H and O–H groups in total. The van der Waals surface area contributed by atoms with Crippen molar-refractivity contribution in [1.29, 1.82) is 0 Å². The Morgan fingerprint density at radius 2 is 2.06 bits per heavy atom. The molecule has 1 unspecified atom stereocenters. The van der Waals surface area contributed by atoms with Gasteiger partial charge >= 0.3 is 0 Å². The molecule has 86 valence electrons. The smallest absolute Gasteiger partial charge is 0.238 e. The second-order valence-electron chi connectivity index (χ2n) is 4.21. The predicted octanol–water partition coefficient (Wildman–Crippen LogP) is 2.12. The lowest BCUT2D eigenvalue weighted by molar-refractivity contribution is 0.501. The second-order valence-corrected chi connectivity index (χ2v) is 4.56. The molecule has 0 saturated carbocycles. The summed E-state index contributed by atoms with van der Waals surface area (Å²) in [5, 5.41) is 4.56. The number of nitrogen functional groups attached to an aromatic ring is 1. The molecule has 0 aliphatic heterocycles. The van der Waals surface area contributed by atoms with Crippen LogP contribution in [0, 0.1) is 5.92 Å².